The Hall–Kier alpha value is -10.5. The zero-order chi connectivity index (χ0) is 80.6. The molecular formula is C76H94O33. The lowest BCUT2D eigenvalue weighted by molar-refractivity contribution is -0.152. The van der Waals surface area contributed by atoms with Gasteiger partial charge in [0.25, 0.3) is 0 Å². The van der Waals surface area contributed by atoms with Crippen molar-refractivity contribution in [2.75, 3.05) is 131 Å². The molecule has 6 aromatic rings. The summed E-state index contributed by atoms with van der Waals surface area (Å²) in [6.45, 7) is -5.57. The Kier molecular flexibility index (Phi) is 32.2. The smallest absolute Gasteiger partial charge is 0.345 e. The van der Waals surface area contributed by atoms with E-state index >= 15 is 0 Å². The molecule has 7 N–H and O–H groups in total. The second kappa shape index (κ2) is 40.1. The quantitative estimate of drug-likeness (QED) is 0.0177. The Labute approximate surface area is 628 Å². The molecule has 0 aromatic heterocycles. The molecular weight excluding hydrogens is 1440 g/mol. The second-order valence-corrected chi connectivity index (χ2v) is 25.2. The Morgan fingerprint density at radius 3 is 0.661 bits per heavy atom. The van der Waals surface area contributed by atoms with E-state index in [0.717, 1.165) is 0 Å². The molecule has 0 amide bonds. The topological polar surface area (TPSA) is 429 Å². The predicted octanol–water partition coefficient (Wildman–Crippen LogP) is 5.75. The number of ether oxygens (including phenoxy) is 20. The first-order chi connectivity index (χ1) is 52.0. The van der Waals surface area contributed by atoms with Crippen molar-refractivity contribution in [2.24, 2.45) is 0 Å². The zero-order valence-corrected chi connectivity index (χ0v) is 63.3. The predicted molar refractivity (Wildman–Crippen MR) is 380 cm³/mol. The minimum atomic E-state index is -2.08. The number of benzene rings is 6. The number of aliphatic hydroxyl groups excluding tert-OH is 7. The molecule has 0 saturated heterocycles. The van der Waals surface area contributed by atoms with Crippen molar-refractivity contribution < 1.29 is 159 Å². The minimum absolute atomic E-state index is 0.00391. The fourth-order valence-electron chi connectivity index (χ4n) is 11.3. The maximum Gasteiger partial charge on any atom is 0.345 e. The van der Waals surface area contributed by atoms with Crippen LogP contribution in [0.4, 0.5) is 0 Å². The summed E-state index contributed by atoms with van der Waals surface area (Å²) in [5.74, 6) is -6.33. The fourth-order valence-corrected chi connectivity index (χ4v) is 11.3. The third-order valence-electron chi connectivity index (χ3n) is 16.8. The Morgan fingerprint density at radius 2 is 0.450 bits per heavy atom. The van der Waals surface area contributed by atoms with Gasteiger partial charge in [-0.25, -0.2) is 28.8 Å². The van der Waals surface area contributed by atoms with Crippen molar-refractivity contribution >= 4 is 35.8 Å². The largest absolute Gasteiger partial charge is 0.497 e. The molecule has 0 bridgehead atoms. The van der Waals surface area contributed by atoms with E-state index in [1.54, 1.807) is 0 Å². The van der Waals surface area contributed by atoms with E-state index in [4.69, 9.17) is 94.7 Å². The normalized spacial score (nSPS) is 13.3. The van der Waals surface area contributed by atoms with E-state index in [-0.39, 0.29) is 130 Å². The lowest BCUT2D eigenvalue weighted by Gasteiger charge is -2.35. The maximum absolute atomic E-state index is 14.9. The van der Waals surface area contributed by atoms with E-state index < -0.39 is 157 Å². The van der Waals surface area contributed by atoms with Gasteiger partial charge >= 0.3 is 35.8 Å². The molecule has 6 rings (SSSR count). The highest BCUT2D eigenvalue weighted by molar-refractivity contribution is 5.98. The molecule has 0 aliphatic rings. The number of hydrogen-bond acceptors (Lipinski definition) is 33. The summed E-state index contributed by atoms with van der Waals surface area (Å²) in [5.41, 5.74) is -9.64. The highest BCUT2D eigenvalue weighted by Crippen LogP contribution is 2.38. The Morgan fingerprint density at radius 1 is 0.248 bits per heavy atom. The molecule has 6 aromatic carbocycles. The molecule has 0 radical (unpaired) electrons. The number of aliphatic hydroxyl groups is 7. The zero-order valence-electron chi connectivity index (χ0n) is 63.3. The van der Waals surface area contributed by atoms with Gasteiger partial charge in [-0.1, -0.05) is 0 Å². The first-order valence-electron chi connectivity index (χ1n) is 33.3. The molecule has 0 spiro atoms. The van der Waals surface area contributed by atoms with E-state index in [1.807, 2.05) is 0 Å². The van der Waals surface area contributed by atoms with Crippen molar-refractivity contribution in [2.45, 2.75) is 96.3 Å². The molecule has 4 unspecified atom stereocenters. The Balaban J connectivity index is 1.45. The van der Waals surface area contributed by atoms with Gasteiger partial charge in [0.1, 0.15) is 104 Å². The summed E-state index contributed by atoms with van der Waals surface area (Å²) < 4.78 is 116. The van der Waals surface area contributed by atoms with Gasteiger partial charge < -0.3 is 130 Å². The highest BCUT2D eigenvalue weighted by Gasteiger charge is 2.42. The number of rotatable bonds is 44. The third-order valence-corrected chi connectivity index (χ3v) is 16.8. The van der Waals surface area contributed by atoms with Crippen LogP contribution in [0.3, 0.4) is 0 Å². The molecule has 596 valence electrons. The van der Waals surface area contributed by atoms with Gasteiger partial charge in [0, 0.05) is 24.3 Å². The van der Waals surface area contributed by atoms with E-state index in [0.29, 0.717) is 5.56 Å². The number of carbonyl (C=O) groups excluding carboxylic acids is 6. The van der Waals surface area contributed by atoms with Crippen LogP contribution in [0.2, 0.25) is 0 Å². The third kappa shape index (κ3) is 21.9. The molecule has 33 nitrogen and oxygen atoms in total. The van der Waals surface area contributed by atoms with Crippen LogP contribution < -0.4 is 52.1 Å². The minimum Gasteiger partial charge on any atom is -0.497 e. The van der Waals surface area contributed by atoms with Crippen molar-refractivity contribution in [3.05, 3.63) is 145 Å². The summed E-state index contributed by atoms with van der Waals surface area (Å²) in [4.78, 5) is 87.5. The summed E-state index contributed by atoms with van der Waals surface area (Å²) in [6.07, 6.45) is 0. The van der Waals surface area contributed by atoms with Gasteiger partial charge in [0.05, 0.1) is 170 Å². The number of carbonyl (C=O) groups is 6. The van der Waals surface area contributed by atoms with Gasteiger partial charge in [-0.15, -0.1) is 0 Å². The van der Waals surface area contributed by atoms with Crippen LogP contribution >= 0.6 is 0 Å². The molecule has 0 saturated carbocycles. The first-order valence-corrected chi connectivity index (χ1v) is 33.3. The molecule has 33 heteroatoms. The van der Waals surface area contributed by atoms with Gasteiger partial charge in [-0.05, 0) is 115 Å². The molecule has 0 heterocycles. The molecule has 0 aliphatic heterocycles. The standard InChI is InChI=1S/C76H94O33/c1-73(106-69(86)62-46(31-80)20-51(91-6)24-57(62)97-12,37-102-39-75(3,108-71(88)64-48(33-82)22-53(93-8)26-59(64)99-14)41-104-67(84)61-44(29-78)18-50(90-5)19-45(61)30-79)35-101-36-74(2,107-70(87)63-47(32-81)21-52(92-7)25-58(63)98-13)38-103-40-76(4,109-72(89)65-49(34-83)23-54(94-9)27-60(65)100-15)42-105-68(85)66-55(95-10)16-43(28-77)17-56(66)96-11/h16-27,77-83H,28-42H2,1-15H3. The van der Waals surface area contributed by atoms with Crippen molar-refractivity contribution in [1.82, 2.24) is 0 Å². The number of methoxy groups -OCH3 is 11. The monoisotopic (exact) mass is 1530 g/mol. The SMILES string of the molecule is COc1cc(CO)c(C(=O)OCC(C)(COCC(C)(COCC(C)(COCC(C)(COC(=O)c2c(OC)cc(CO)cc2OC)OC(=O)c2c(CO)cc(OC)cc2OC)OC(=O)c2c(CO)cc(OC)cc2OC)OC(=O)c2c(CO)cc(OC)cc2OC)OC(=O)c2c(CO)cc(OC)cc2OC)c(CO)c1. The summed E-state index contributed by atoms with van der Waals surface area (Å²) >= 11 is 0. The van der Waals surface area contributed by atoms with E-state index in [9.17, 15) is 64.5 Å². The fraction of sp³-hybridized carbons (Fsp3) is 0.447. The lowest BCUT2D eigenvalue weighted by Crippen LogP contribution is -2.49. The van der Waals surface area contributed by atoms with Crippen LogP contribution in [-0.4, -0.2) is 225 Å². The van der Waals surface area contributed by atoms with Crippen LogP contribution in [0, 0.1) is 0 Å². The van der Waals surface area contributed by atoms with Gasteiger partial charge in [-0.2, -0.15) is 0 Å². The summed E-state index contributed by atoms with van der Waals surface area (Å²) in [5, 5.41) is 73.2. The van der Waals surface area contributed by atoms with Gasteiger partial charge in [0.2, 0.25) is 0 Å². The summed E-state index contributed by atoms with van der Waals surface area (Å²) in [6, 6.07) is 16.3. The second-order valence-electron chi connectivity index (χ2n) is 25.2. The van der Waals surface area contributed by atoms with Crippen LogP contribution in [-0.2, 0) is 88.9 Å². The number of esters is 6. The first kappa shape index (κ1) is 87.5. The number of hydrogen-bond donors (Lipinski definition) is 7. The molecule has 109 heavy (non-hydrogen) atoms. The van der Waals surface area contributed by atoms with Crippen molar-refractivity contribution in [3.63, 3.8) is 0 Å². The molecule has 0 aliphatic carbocycles. The van der Waals surface area contributed by atoms with Gasteiger partial charge in [0.15, 0.2) is 22.4 Å². The highest BCUT2D eigenvalue weighted by atomic mass is 16.6. The van der Waals surface area contributed by atoms with Crippen LogP contribution in [0.15, 0.2) is 72.8 Å². The Bertz CT molecular complexity index is 3740. The van der Waals surface area contributed by atoms with Crippen LogP contribution in [0.5, 0.6) is 63.2 Å². The molecule has 4 atom stereocenters. The average Bonchev–Trinajstić information content (AvgIpc) is 0.820. The van der Waals surface area contributed by atoms with E-state index in [1.165, 1.54) is 179 Å². The maximum atomic E-state index is 14.9. The molecule has 0 fully saturated rings. The summed E-state index contributed by atoms with van der Waals surface area (Å²) in [7, 11) is 14.2. The van der Waals surface area contributed by atoms with Gasteiger partial charge in [-0.3, -0.25) is 0 Å². The van der Waals surface area contributed by atoms with Crippen LogP contribution in [0.1, 0.15) is 129 Å². The van der Waals surface area contributed by atoms with E-state index in [2.05, 4.69) is 0 Å². The average molecular weight is 1540 g/mol. The van der Waals surface area contributed by atoms with Crippen molar-refractivity contribution in [1.29, 1.82) is 0 Å². The van der Waals surface area contributed by atoms with Crippen molar-refractivity contribution in [3.8, 4) is 63.2 Å². The lowest BCUT2D eigenvalue weighted by atomic mass is 10.0. The van der Waals surface area contributed by atoms with Crippen LogP contribution in [0.25, 0.3) is 0 Å².